The van der Waals surface area contributed by atoms with Gasteiger partial charge in [-0.25, -0.2) is 0 Å². The number of imide groups is 1. The van der Waals surface area contributed by atoms with Gasteiger partial charge in [0.05, 0.1) is 11.3 Å². The molecule has 0 spiro atoms. The fourth-order valence-corrected chi connectivity index (χ4v) is 3.46. The van der Waals surface area contributed by atoms with Crippen LogP contribution in [0.5, 0.6) is 0 Å². The second-order valence-electron chi connectivity index (χ2n) is 5.93. The second-order valence-corrected chi connectivity index (χ2v) is 7.16. The minimum atomic E-state index is -0.633. The molecule has 0 aliphatic carbocycles. The predicted octanol–water partition coefficient (Wildman–Crippen LogP) is -0.304. The van der Waals surface area contributed by atoms with Crippen molar-refractivity contribution in [1.29, 1.82) is 0 Å². The zero-order valence-corrected chi connectivity index (χ0v) is 15.6. The Balaban J connectivity index is 2.31. The molecular weight excluding hydrogens is 346 g/mol. The molecule has 1 aliphatic heterocycles. The molecular formula is C16H27N3O5S. The zero-order chi connectivity index (χ0) is 18.8. The second kappa shape index (κ2) is 11.2. The maximum atomic E-state index is 12.3. The van der Waals surface area contributed by atoms with Crippen LogP contribution in [0.2, 0.25) is 0 Å². The Morgan fingerprint density at radius 2 is 2.12 bits per heavy atom. The zero-order valence-electron chi connectivity index (χ0n) is 14.8. The van der Waals surface area contributed by atoms with Gasteiger partial charge in [-0.2, -0.15) is 0 Å². The average Bonchev–Trinajstić information content (AvgIpc) is 2.84. The Labute approximate surface area is 152 Å². The number of hydrogen-bond acceptors (Lipinski definition) is 7. The van der Waals surface area contributed by atoms with Crippen molar-refractivity contribution in [3.8, 4) is 0 Å². The largest absolute Gasteiger partial charge is 0.385 e. The topological polar surface area (TPSA) is 119 Å². The Hall–Kier alpha value is -1.45. The van der Waals surface area contributed by atoms with E-state index in [0.29, 0.717) is 18.9 Å². The summed E-state index contributed by atoms with van der Waals surface area (Å²) in [6, 6.07) is -0.633. The lowest BCUT2D eigenvalue weighted by molar-refractivity contribution is -0.138. The molecule has 1 heterocycles. The quantitative estimate of drug-likeness (QED) is 0.356. The molecule has 1 saturated heterocycles. The summed E-state index contributed by atoms with van der Waals surface area (Å²) in [4.78, 5) is 48.2. The van der Waals surface area contributed by atoms with E-state index in [0.717, 1.165) is 17.7 Å². The fraction of sp³-hybridized carbons (Fsp3) is 0.750. The van der Waals surface area contributed by atoms with Crippen molar-refractivity contribution in [1.82, 2.24) is 10.2 Å². The lowest BCUT2D eigenvalue weighted by Crippen LogP contribution is -2.36. The highest BCUT2D eigenvalue weighted by Crippen LogP contribution is 2.25. The van der Waals surface area contributed by atoms with Gasteiger partial charge in [-0.3, -0.25) is 24.1 Å². The third-order valence-corrected chi connectivity index (χ3v) is 5.18. The third-order valence-electron chi connectivity index (χ3n) is 3.86. The number of ketones is 1. The van der Waals surface area contributed by atoms with Crippen LogP contribution in [0.4, 0.5) is 0 Å². The number of nitrogens with zero attached hydrogens (tertiary/aromatic N) is 1. The van der Waals surface area contributed by atoms with Gasteiger partial charge in [-0.1, -0.05) is 0 Å². The molecule has 1 fully saturated rings. The molecule has 0 aromatic heterocycles. The monoisotopic (exact) mass is 373 g/mol. The van der Waals surface area contributed by atoms with E-state index in [9.17, 15) is 19.2 Å². The molecule has 3 N–H and O–H groups in total. The highest BCUT2D eigenvalue weighted by atomic mass is 32.2. The minimum absolute atomic E-state index is 0.0807. The third kappa shape index (κ3) is 7.54. The van der Waals surface area contributed by atoms with Crippen LogP contribution < -0.4 is 11.1 Å². The maximum absolute atomic E-state index is 12.3. The van der Waals surface area contributed by atoms with E-state index in [4.69, 9.17) is 10.5 Å². The van der Waals surface area contributed by atoms with Crippen molar-refractivity contribution in [3.05, 3.63) is 0 Å². The number of nitrogens with one attached hydrogen (secondary N) is 1. The van der Waals surface area contributed by atoms with E-state index in [2.05, 4.69) is 5.32 Å². The molecule has 0 radical (unpaired) electrons. The molecule has 9 heteroatoms. The fourth-order valence-electron chi connectivity index (χ4n) is 2.26. The van der Waals surface area contributed by atoms with Crippen molar-refractivity contribution in [3.63, 3.8) is 0 Å². The molecule has 1 rings (SSSR count). The van der Waals surface area contributed by atoms with E-state index in [-0.39, 0.29) is 42.9 Å². The molecule has 0 aromatic carbocycles. The van der Waals surface area contributed by atoms with Crippen LogP contribution >= 0.6 is 11.8 Å². The smallest absolute Gasteiger partial charge is 0.242 e. The van der Waals surface area contributed by atoms with Crippen molar-refractivity contribution in [2.45, 2.75) is 43.9 Å². The van der Waals surface area contributed by atoms with Gasteiger partial charge in [0.1, 0.15) is 5.78 Å². The summed E-state index contributed by atoms with van der Waals surface area (Å²) < 4.78 is 4.92. The molecule has 8 nitrogen and oxygen atoms in total. The van der Waals surface area contributed by atoms with Crippen LogP contribution in [0.3, 0.4) is 0 Å². The number of amides is 3. The number of likely N-dealkylation sites (tertiary alicyclic amines) is 1. The number of nitrogens with two attached hydrogens (primary N) is 1. The summed E-state index contributed by atoms with van der Waals surface area (Å²) in [5, 5.41) is 2.24. The van der Waals surface area contributed by atoms with Gasteiger partial charge in [0, 0.05) is 45.4 Å². The van der Waals surface area contributed by atoms with Crippen molar-refractivity contribution in [2.24, 2.45) is 5.73 Å². The van der Waals surface area contributed by atoms with Gasteiger partial charge < -0.3 is 15.8 Å². The lowest BCUT2D eigenvalue weighted by Gasteiger charge is -2.15. The number of carbonyl (C=O) groups excluding carboxylic acids is 4. The number of thioether (sulfide) groups is 1. The van der Waals surface area contributed by atoms with Gasteiger partial charge in [-0.15, -0.1) is 11.8 Å². The van der Waals surface area contributed by atoms with Crippen LogP contribution in [0, 0.1) is 0 Å². The van der Waals surface area contributed by atoms with Gasteiger partial charge in [0.25, 0.3) is 0 Å². The van der Waals surface area contributed by atoms with Crippen LogP contribution in [0.15, 0.2) is 0 Å². The first-order chi connectivity index (χ1) is 11.9. The molecule has 25 heavy (non-hydrogen) atoms. The van der Waals surface area contributed by atoms with Crippen LogP contribution in [0.1, 0.15) is 32.6 Å². The highest BCUT2D eigenvalue weighted by molar-refractivity contribution is 8.00. The summed E-state index contributed by atoms with van der Waals surface area (Å²) in [5.74, 6) is -0.629. The number of methoxy groups -OCH3 is 1. The van der Waals surface area contributed by atoms with E-state index < -0.39 is 11.3 Å². The Kier molecular flexibility index (Phi) is 9.69. The molecule has 3 amide bonds. The van der Waals surface area contributed by atoms with Gasteiger partial charge >= 0.3 is 0 Å². The minimum Gasteiger partial charge on any atom is -0.385 e. The van der Waals surface area contributed by atoms with Gasteiger partial charge in [0.15, 0.2) is 0 Å². The molecule has 2 unspecified atom stereocenters. The summed E-state index contributed by atoms with van der Waals surface area (Å²) in [5.41, 5.74) is 5.64. The first-order valence-corrected chi connectivity index (χ1v) is 9.39. The number of unbranched alkanes of at least 4 members (excludes halogenated alkanes) is 1. The first kappa shape index (κ1) is 21.6. The van der Waals surface area contributed by atoms with E-state index >= 15 is 0 Å². The van der Waals surface area contributed by atoms with Gasteiger partial charge in [-0.05, 0) is 19.8 Å². The number of Topliss-reactive ketones (excluding diaryl/α,β-unsaturated/α-hetero) is 1. The summed E-state index contributed by atoms with van der Waals surface area (Å²) in [7, 11) is 1.63. The number of carbonyl (C=O) groups is 4. The predicted molar refractivity (Wildman–Crippen MR) is 95.0 cm³/mol. The Morgan fingerprint density at radius 1 is 1.40 bits per heavy atom. The Morgan fingerprint density at radius 3 is 2.76 bits per heavy atom. The molecule has 0 saturated carbocycles. The van der Waals surface area contributed by atoms with Crippen LogP contribution in [-0.2, 0) is 23.9 Å². The molecule has 0 aromatic rings. The summed E-state index contributed by atoms with van der Waals surface area (Å²) in [6.07, 6.45) is 1.86. The summed E-state index contributed by atoms with van der Waals surface area (Å²) in [6.45, 7) is 2.68. The normalized spacial score (nSPS) is 18.5. The number of rotatable bonds is 12. The SMILES string of the molecule is COCCCCNC(=O)CCN1C(=O)CC(SCC(N)C(C)=O)C1=O. The van der Waals surface area contributed by atoms with Crippen LogP contribution in [-0.4, -0.2) is 72.3 Å². The summed E-state index contributed by atoms with van der Waals surface area (Å²) >= 11 is 1.22. The molecule has 2 atom stereocenters. The van der Waals surface area contributed by atoms with E-state index in [1.54, 1.807) is 7.11 Å². The number of hydrogen-bond donors (Lipinski definition) is 2. The highest BCUT2D eigenvalue weighted by Gasteiger charge is 2.38. The van der Waals surface area contributed by atoms with E-state index in [1.807, 2.05) is 0 Å². The van der Waals surface area contributed by atoms with Crippen LogP contribution in [0.25, 0.3) is 0 Å². The van der Waals surface area contributed by atoms with E-state index in [1.165, 1.54) is 18.7 Å². The standard InChI is InChI=1S/C16H27N3O5S/c1-11(20)12(17)10-25-13-9-15(22)19(16(13)23)7-5-14(21)18-6-3-4-8-24-2/h12-13H,3-10,17H2,1-2H3,(H,18,21). The first-order valence-electron chi connectivity index (χ1n) is 8.34. The molecule has 142 valence electrons. The lowest BCUT2D eigenvalue weighted by atomic mass is 10.3. The maximum Gasteiger partial charge on any atom is 0.242 e. The van der Waals surface area contributed by atoms with Gasteiger partial charge in [0.2, 0.25) is 17.7 Å². The van der Waals surface area contributed by atoms with Crippen molar-refractivity contribution >= 4 is 35.3 Å². The molecule has 1 aliphatic rings. The van der Waals surface area contributed by atoms with Crippen molar-refractivity contribution in [2.75, 3.05) is 32.6 Å². The average molecular weight is 373 g/mol. The Bertz CT molecular complexity index is 500. The van der Waals surface area contributed by atoms with Crippen molar-refractivity contribution < 1.29 is 23.9 Å². The molecule has 0 bridgehead atoms. The number of ether oxygens (including phenoxy) is 1.